The number of halogens is 1. The van der Waals surface area contributed by atoms with E-state index in [9.17, 15) is 19.1 Å². The van der Waals surface area contributed by atoms with E-state index in [4.69, 9.17) is 5.11 Å². The molecule has 0 saturated carbocycles. The van der Waals surface area contributed by atoms with Crippen LogP contribution in [-0.2, 0) is 9.59 Å². The topological polar surface area (TPSA) is 77.8 Å². The highest BCUT2D eigenvalue weighted by molar-refractivity contribution is 5.81. The van der Waals surface area contributed by atoms with Crippen LogP contribution in [0.3, 0.4) is 0 Å². The third kappa shape index (κ3) is 4.67. The van der Waals surface area contributed by atoms with Gasteiger partial charge in [0.05, 0.1) is 12.5 Å². The molecule has 5 nitrogen and oxygen atoms in total. The fourth-order valence-electron chi connectivity index (χ4n) is 1.67. The Morgan fingerprint density at radius 1 is 1.42 bits per heavy atom. The van der Waals surface area contributed by atoms with Crippen molar-refractivity contribution in [1.82, 2.24) is 4.90 Å². The maximum Gasteiger partial charge on any atom is 0.323 e. The molecule has 0 bridgehead atoms. The second-order valence-electron chi connectivity index (χ2n) is 4.08. The van der Waals surface area contributed by atoms with Crippen LogP contribution in [0, 0.1) is 5.82 Å². The Hall–Kier alpha value is -1.95. The number of carboxylic acid groups (broad SMARTS) is 1. The Morgan fingerprint density at radius 3 is 2.63 bits per heavy atom. The minimum Gasteiger partial charge on any atom is -0.480 e. The van der Waals surface area contributed by atoms with Crippen molar-refractivity contribution in [3.63, 3.8) is 0 Å². The molecule has 0 saturated heterocycles. The minimum atomic E-state index is -1.15. The number of aliphatic carboxylic acids is 1. The normalized spacial score (nSPS) is 11.9. The summed E-state index contributed by atoms with van der Waals surface area (Å²) in [7, 11) is 0. The number of carbonyl (C=O) groups is 2. The van der Waals surface area contributed by atoms with Gasteiger partial charge in [-0.1, -0.05) is 12.1 Å². The second-order valence-corrected chi connectivity index (χ2v) is 4.08. The average molecular weight is 269 g/mol. The second kappa shape index (κ2) is 6.84. The highest BCUT2D eigenvalue weighted by Gasteiger charge is 2.19. The molecular weight excluding hydrogens is 253 g/mol. The van der Waals surface area contributed by atoms with Crippen molar-refractivity contribution in [2.45, 2.75) is 19.4 Å². The summed E-state index contributed by atoms with van der Waals surface area (Å²) < 4.78 is 13.0. The van der Waals surface area contributed by atoms with Gasteiger partial charge in [0, 0.05) is 6.54 Å². The van der Waals surface area contributed by atoms with Crippen molar-refractivity contribution < 1.29 is 24.2 Å². The van der Waals surface area contributed by atoms with E-state index in [2.05, 4.69) is 0 Å². The molecule has 1 aromatic carbocycles. The Balaban J connectivity index is 2.67. The first-order chi connectivity index (χ1) is 8.93. The number of aliphatic hydroxyl groups excluding tert-OH is 1. The zero-order valence-electron chi connectivity index (χ0n) is 10.5. The first-order valence-corrected chi connectivity index (χ1v) is 5.87. The fraction of sp³-hybridized carbons (Fsp3) is 0.385. The number of carbonyl (C=O) groups excluding carboxylic acids is 1. The van der Waals surface area contributed by atoms with E-state index in [-0.39, 0.29) is 13.0 Å². The average Bonchev–Trinajstić information content (AvgIpc) is 2.35. The molecule has 2 N–H and O–H groups in total. The quantitative estimate of drug-likeness (QED) is 0.813. The summed E-state index contributed by atoms with van der Waals surface area (Å²) in [4.78, 5) is 23.5. The number of nitrogens with zero attached hydrogens (tertiary/aromatic N) is 1. The standard InChI is InChI=1S/C13H16FNO4/c1-2-15(8-13(18)19)12(17)7-11(16)9-4-3-5-10(14)6-9/h3-6,11,16H,2,7-8H2,1H3,(H,18,19). The molecular formula is C13H16FNO4. The molecule has 0 aliphatic heterocycles. The molecule has 1 aromatic rings. The van der Waals surface area contributed by atoms with Gasteiger partial charge in [-0.25, -0.2) is 4.39 Å². The third-order valence-corrected chi connectivity index (χ3v) is 2.66. The van der Waals surface area contributed by atoms with Gasteiger partial charge in [-0.15, -0.1) is 0 Å². The Morgan fingerprint density at radius 2 is 2.11 bits per heavy atom. The zero-order valence-corrected chi connectivity index (χ0v) is 10.5. The third-order valence-electron chi connectivity index (χ3n) is 2.66. The van der Waals surface area contributed by atoms with Gasteiger partial charge in [0.15, 0.2) is 0 Å². The lowest BCUT2D eigenvalue weighted by Gasteiger charge is -2.20. The first-order valence-electron chi connectivity index (χ1n) is 5.87. The number of hydrogen-bond donors (Lipinski definition) is 2. The van der Waals surface area contributed by atoms with Gasteiger partial charge in [-0.2, -0.15) is 0 Å². The first kappa shape index (κ1) is 15.1. The van der Waals surface area contributed by atoms with Crippen molar-refractivity contribution >= 4 is 11.9 Å². The number of likely N-dealkylation sites (N-methyl/N-ethyl adjacent to an activating group) is 1. The van der Waals surface area contributed by atoms with Gasteiger partial charge in [0.2, 0.25) is 5.91 Å². The van der Waals surface area contributed by atoms with Gasteiger partial charge in [-0.3, -0.25) is 9.59 Å². The molecule has 1 rings (SSSR count). The van der Waals surface area contributed by atoms with E-state index in [1.807, 2.05) is 0 Å². The van der Waals surface area contributed by atoms with E-state index in [0.717, 1.165) is 11.0 Å². The largest absolute Gasteiger partial charge is 0.480 e. The molecule has 19 heavy (non-hydrogen) atoms. The van der Waals surface area contributed by atoms with Gasteiger partial charge in [0.25, 0.3) is 0 Å². The van der Waals surface area contributed by atoms with Crippen LogP contribution in [0.4, 0.5) is 4.39 Å². The van der Waals surface area contributed by atoms with Crippen molar-refractivity contribution in [2.75, 3.05) is 13.1 Å². The van der Waals surface area contributed by atoms with E-state index >= 15 is 0 Å². The minimum absolute atomic E-state index is 0.237. The molecule has 104 valence electrons. The summed E-state index contributed by atoms with van der Waals surface area (Å²) in [5.74, 6) is -2.10. The summed E-state index contributed by atoms with van der Waals surface area (Å²) in [6, 6.07) is 5.33. The Bertz CT molecular complexity index is 464. The number of rotatable bonds is 6. The van der Waals surface area contributed by atoms with Gasteiger partial charge in [0.1, 0.15) is 12.4 Å². The van der Waals surface area contributed by atoms with Crippen molar-refractivity contribution in [3.8, 4) is 0 Å². The van der Waals surface area contributed by atoms with Crippen molar-refractivity contribution in [2.24, 2.45) is 0 Å². The van der Waals surface area contributed by atoms with Crippen LogP contribution >= 0.6 is 0 Å². The molecule has 0 heterocycles. The summed E-state index contributed by atoms with van der Waals surface area (Å²) in [6.07, 6.45) is -1.42. The van der Waals surface area contributed by atoms with Gasteiger partial charge in [-0.05, 0) is 24.6 Å². The van der Waals surface area contributed by atoms with Crippen LogP contribution in [-0.4, -0.2) is 40.1 Å². The van der Waals surface area contributed by atoms with Crippen LogP contribution < -0.4 is 0 Å². The predicted octanol–water partition coefficient (Wildman–Crippen LogP) is 1.18. The smallest absolute Gasteiger partial charge is 0.323 e. The molecule has 6 heteroatoms. The lowest BCUT2D eigenvalue weighted by Crippen LogP contribution is -2.36. The number of carboxylic acids is 1. The van der Waals surface area contributed by atoms with Crippen LogP contribution in [0.5, 0.6) is 0 Å². The van der Waals surface area contributed by atoms with E-state index in [0.29, 0.717) is 5.56 Å². The molecule has 0 radical (unpaired) electrons. The van der Waals surface area contributed by atoms with Crippen LogP contribution in [0.2, 0.25) is 0 Å². The highest BCUT2D eigenvalue weighted by Crippen LogP contribution is 2.18. The van der Waals surface area contributed by atoms with Gasteiger partial charge >= 0.3 is 5.97 Å². The monoisotopic (exact) mass is 269 g/mol. The molecule has 1 atom stereocenters. The lowest BCUT2D eigenvalue weighted by molar-refractivity contribution is -0.145. The number of benzene rings is 1. The maximum absolute atomic E-state index is 13.0. The van der Waals surface area contributed by atoms with Crippen LogP contribution in [0.1, 0.15) is 25.0 Å². The van der Waals surface area contributed by atoms with Crippen molar-refractivity contribution in [3.05, 3.63) is 35.6 Å². The van der Waals surface area contributed by atoms with E-state index in [1.54, 1.807) is 6.92 Å². The van der Waals surface area contributed by atoms with E-state index in [1.165, 1.54) is 18.2 Å². The van der Waals surface area contributed by atoms with Crippen LogP contribution in [0.15, 0.2) is 24.3 Å². The Labute approximate surface area is 110 Å². The lowest BCUT2D eigenvalue weighted by atomic mass is 10.1. The molecule has 1 unspecified atom stereocenters. The number of amides is 1. The highest BCUT2D eigenvalue weighted by atomic mass is 19.1. The van der Waals surface area contributed by atoms with Crippen molar-refractivity contribution in [1.29, 1.82) is 0 Å². The summed E-state index contributed by atoms with van der Waals surface area (Å²) in [5.41, 5.74) is 0.291. The molecule has 0 aromatic heterocycles. The fourth-order valence-corrected chi connectivity index (χ4v) is 1.67. The van der Waals surface area contributed by atoms with Gasteiger partial charge < -0.3 is 15.1 Å². The molecule has 0 aliphatic carbocycles. The predicted molar refractivity (Wildman–Crippen MR) is 65.9 cm³/mol. The Kier molecular flexibility index (Phi) is 5.44. The summed E-state index contributed by atoms with van der Waals surface area (Å²) in [5, 5.41) is 18.5. The summed E-state index contributed by atoms with van der Waals surface area (Å²) in [6.45, 7) is 1.47. The zero-order chi connectivity index (χ0) is 14.4. The molecule has 0 fully saturated rings. The van der Waals surface area contributed by atoms with E-state index < -0.39 is 30.3 Å². The maximum atomic E-state index is 13.0. The SMILES string of the molecule is CCN(CC(=O)O)C(=O)CC(O)c1cccc(F)c1. The molecule has 0 spiro atoms. The molecule has 0 aliphatic rings. The number of hydrogen-bond acceptors (Lipinski definition) is 3. The summed E-state index contributed by atoms with van der Waals surface area (Å²) >= 11 is 0. The number of aliphatic hydroxyl groups is 1. The molecule has 1 amide bonds. The van der Waals surface area contributed by atoms with Crippen LogP contribution in [0.25, 0.3) is 0 Å².